The number of aromatic amines is 1. The van der Waals surface area contributed by atoms with Gasteiger partial charge in [-0.15, -0.1) is 0 Å². The van der Waals surface area contributed by atoms with Gasteiger partial charge in [0.2, 0.25) is 5.56 Å². The van der Waals surface area contributed by atoms with Gasteiger partial charge in [0.05, 0.1) is 7.11 Å². The van der Waals surface area contributed by atoms with E-state index in [0.29, 0.717) is 0 Å². The summed E-state index contributed by atoms with van der Waals surface area (Å²) in [6.07, 6.45) is 5.49. The minimum atomic E-state index is -0.0955. The first kappa shape index (κ1) is 11.2. The molecule has 0 aliphatic heterocycles. The molecule has 0 radical (unpaired) electrons. The quantitative estimate of drug-likeness (QED) is 0.875. The van der Waals surface area contributed by atoms with Crippen LogP contribution in [0.4, 0.5) is 0 Å². The van der Waals surface area contributed by atoms with Crippen LogP contribution in [0.2, 0.25) is 0 Å². The van der Waals surface area contributed by atoms with Gasteiger partial charge in [0, 0.05) is 12.3 Å². The fourth-order valence-corrected chi connectivity index (χ4v) is 1.47. The van der Waals surface area contributed by atoms with Crippen LogP contribution < -0.4 is 10.3 Å². The molecule has 0 atom stereocenters. The summed E-state index contributed by atoms with van der Waals surface area (Å²) < 4.78 is 5.08. The lowest BCUT2D eigenvalue weighted by molar-refractivity contribution is 0.415. The maximum Gasteiger partial charge on any atom is 0.248 e. The Morgan fingerprint density at radius 3 is 2.41 bits per heavy atom. The molecule has 0 spiro atoms. The van der Waals surface area contributed by atoms with E-state index in [1.54, 1.807) is 19.4 Å². The first-order chi connectivity index (χ1) is 8.28. The number of methoxy groups -OCH3 is 1. The molecule has 2 rings (SSSR count). The molecule has 2 aromatic rings. The molecule has 0 unspecified atom stereocenters. The Hall–Kier alpha value is -2.29. The Bertz CT molecular complexity index is 567. The van der Waals surface area contributed by atoms with Crippen LogP contribution in [0.25, 0.3) is 12.2 Å². The highest BCUT2D eigenvalue weighted by atomic mass is 16.5. The molecule has 0 bridgehead atoms. The van der Waals surface area contributed by atoms with Crippen molar-refractivity contribution in [2.75, 3.05) is 7.11 Å². The van der Waals surface area contributed by atoms with Gasteiger partial charge in [-0.05, 0) is 29.3 Å². The normalized spacial score (nSPS) is 10.6. The maximum atomic E-state index is 11.1. The number of ether oxygens (including phenoxy) is 1. The zero-order valence-electron chi connectivity index (χ0n) is 9.51. The molecule has 0 aliphatic carbocycles. The van der Waals surface area contributed by atoms with Crippen LogP contribution in [-0.4, -0.2) is 12.1 Å². The zero-order valence-corrected chi connectivity index (χ0v) is 9.51. The van der Waals surface area contributed by atoms with Gasteiger partial charge >= 0.3 is 0 Å². The molecule has 0 saturated heterocycles. The van der Waals surface area contributed by atoms with Crippen molar-refractivity contribution < 1.29 is 4.74 Å². The van der Waals surface area contributed by atoms with E-state index in [1.807, 2.05) is 42.5 Å². The van der Waals surface area contributed by atoms with Crippen LogP contribution in [0, 0.1) is 0 Å². The molecule has 3 heteroatoms. The van der Waals surface area contributed by atoms with Crippen molar-refractivity contribution >= 4 is 12.2 Å². The van der Waals surface area contributed by atoms with E-state index in [1.165, 1.54) is 0 Å². The Morgan fingerprint density at radius 1 is 1.06 bits per heavy atom. The summed E-state index contributed by atoms with van der Waals surface area (Å²) in [6, 6.07) is 11.1. The number of nitrogens with one attached hydrogen (secondary N) is 1. The molecule has 0 aliphatic rings. The van der Waals surface area contributed by atoms with Crippen molar-refractivity contribution in [3.63, 3.8) is 0 Å². The monoisotopic (exact) mass is 227 g/mol. The molecule has 0 amide bonds. The van der Waals surface area contributed by atoms with Crippen molar-refractivity contribution in [2.45, 2.75) is 0 Å². The third kappa shape index (κ3) is 3.08. The molecule has 1 aromatic carbocycles. The van der Waals surface area contributed by atoms with Gasteiger partial charge in [0.25, 0.3) is 0 Å². The van der Waals surface area contributed by atoms with E-state index in [0.717, 1.165) is 16.9 Å². The highest BCUT2D eigenvalue weighted by molar-refractivity contribution is 5.69. The summed E-state index contributed by atoms with van der Waals surface area (Å²) in [5.74, 6) is 0.832. The van der Waals surface area contributed by atoms with Gasteiger partial charge < -0.3 is 9.72 Å². The molecule has 3 nitrogen and oxygen atoms in total. The zero-order chi connectivity index (χ0) is 12.1. The topological polar surface area (TPSA) is 42.1 Å². The predicted octanol–water partition coefficient (Wildman–Crippen LogP) is 2.55. The minimum Gasteiger partial charge on any atom is -0.497 e. The van der Waals surface area contributed by atoms with Gasteiger partial charge in [-0.2, -0.15) is 0 Å². The number of hydrogen-bond acceptors (Lipinski definition) is 2. The number of hydrogen-bond donors (Lipinski definition) is 1. The van der Waals surface area contributed by atoms with Crippen LogP contribution >= 0.6 is 0 Å². The highest BCUT2D eigenvalue weighted by Gasteiger charge is 1.91. The molecular formula is C14H13NO2. The molecule has 1 heterocycles. The third-order valence-corrected chi connectivity index (χ3v) is 2.38. The number of benzene rings is 1. The van der Waals surface area contributed by atoms with E-state index in [4.69, 9.17) is 4.74 Å². The average molecular weight is 227 g/mol. The average Bonchev–Trinajstić information content (AvgIpc) is 2.37. The summed E-state index contributed by atoms with van der Waals surface area (Å²) in [5.41, 5.74) is 1.84. The van der Waals surface area contributed by atoms with Crippen LogP contribution in [0.1, 0.15) is 11.1 Å². The predicted molar refractivity (Wildman–Crippen MR) is 69.0 cm³/mol. The summed E-state index contributed by atoms with van der Waals surface area (Å²) in [5, 5.41) is 0. The number of pyridine rings is 1. The van der Waals surface area contributed by atoms with Gasteiger partial charge in [-0.3, -0.25) is 4.79 Å². The number of H-pyrrole nitrogens is 1. The Morgan fingerprint density at radius 2 is 1.76 bits per heavy atom. The largest absolute Gasteiger partial charge is 0.497 e. The standard InChI is InChI=1S/C14H13NO2/c1-17-13-6-4-11(5-7-13)2-3-12-8-9-15-14(16)10-12/h2-10H,1H3,(H,15,16)/b3-2+. The first-order valence-electron chi connectivity index (χ1n) is 5.29. The first-order valence-corrected chi connectivity index (χ1v) is 5.29. The minimum absolute atomic E-state index is 0.0955. The molecule has 0 saturated carbocycles. The van der Waals surface area contributed by atoms with Crippen LogP contribution in [-0.2, 0) is 0 Å². The molecule has 86 valence electrons. The second-order valence-electron chi connectivity index (χ2n) is 3.59. The molecule has 17 heavy (non-hydrogen) atoms. The summed E-state index contributed by atoms with van der Waals surface area (Å²) >= 11 is 0. The lowest BCUT2D eigenvalue weighted by Crippen LogP contribution is -2.01. The Labute approximate surface area is 99.4 Å². The smallest absolute Gasteiger partial charge is 0.248 e. The van der Waals surface area contributed by atoms with Crippen LogP contribution in [0.3, 0.4) is 0 Å². The molecule has 1 N–H and O–H groups in total. The van der Waals surface area contributed by atoms with Gasteiger partial charge in [-0.25, -0.2) is 0 Å². The van der Waals surface area contributed by atoms with Crippen molar-refractivity contribution in [3.05, 3.63) is 64.1 Å². The van der Waals surface area contributed by atoms with Crippen LogP contribution in [0.5, 0.6) is 5.75 Å². The van der Waals surface area contributed by atoms with E-state index in [-0.39, 0.29) is 5.56 Å². The Kier molecular flexibility index (Phi) is 3.40. The van der Waals surface area contributed by atoms with E-state index < -0.39 is 0 Å². The highest BCUT2D eigenvalue weighted by Crippen LogP contribution is 2.13. The number of aromatic nitrogens is 1. The number of rotatable bonds is 3. The lowest BCUT2D eigenvalue weighted by Gasteiger charge is -1.99. The summed E-state index contributed by atoms with van der Waals surface area (Å²) in [6.45, 7) is 0. The van der Waals surface area contributed by atoms with Crippen molar-refractivity contribution in [1.82, 2.24) is 4.98 Å². The van der Waals surface area contributed by atoms with Gasteiger partial charge in [-0.1, -0.05) is 24.3 Å². The second kappa shape index (κ2) is 5.16. The van der Waals surface area contributed by atoms with E-state index in [2.05, 4.69) is 4.98 Å². The molecule has 1 aromatic heterocycles. The van der Waals surface area contributed by atoms with Crippen molar-refractivity contribution in [2.24, 2.45) is 0 Å². The van der Waals surface area contributed by atoms with E-state index in [9.17, 15) is 4.79 Å². The lowest BCUT2D eigenvalue weighted by atomic mass is 10.1. The maximum absolute atomic E-state index is 11.1. The third-order valence-electron chi connectivity index (χ3n) is 2.38. The van der Waals surface area contributed by atoms with Gasteiger partial charge in [0.15, 0.2) is 0 Å². The molecular weight excluding hydrogens is 214 g/mol. The summed E-state index contributed by atoms with van der Waals surface area (Å²) in [7, 11) is 1.64. The SMILES string of the molecule is COc1ccc(/C=C/c2cc[nH]c(=O)c2)cc1. The Balaban J connectivity index is 2.17. The van der Waals surface area contributed by atoms with Crippen molar-refractivity contribution in [1.29, 1.82) is 0 Å². The van der Waals surface area contributed by atoms with Crippen molar-refractivity contribution in [3.8, 4) is 5.75 Å². The van der Waals surface area contributed by atoms with E-state index >= 15 is 0 Å². The fourth-order valence-electron chi connectivity index (χ4n) is 1.47. The molecule has 0 fully saturated rings. The fraction of sp³-hybridized carbons (Fsp3) is 0.0714. The van der Waals surface area contributed by atoms with Crippen LogP contribution in [0.15, 0.2) is 47.4 Å². The summed E-state index contributed by atoms with van der Waals surface area (Å²) in [4.78, 5) is 13.7. The second-order valence-corrected chi connectivity index (χ2v) is 3.59. The van der Waals surface area contributed by atoms with Gasteiger partial charge in [0.1, 0.15) is 5.75 Å².